The standard InChI is InChI=1S/C7H8Cl2.C6H13N.C2H6/c1-3-5-7(9)6(8)4-2;1-2-6-3-4-7-5-6;1-2/h3-5H,2H2,1H3;6-7H,2-5H2,1H3;1-2H3/b5-3-,7-6-;;. The van der Waals surface area contributed by atoms with Gasteiger partial charge in [-0.2, -0.15) is 0 Å². The fourth-order valence-electron chi connectivity index (χ4n) is 1.39. The van der Waals surface area contributed by atoms with E-state index >= 15 is 0 Å². The van der Waals surface area contributed by atoms with Gasteiger partial charge in [0.1, 0.15) is 0 Å². The van der Waals surface area contributed by atoms with E-state index in [9.17, 15) is 0 Å². The predicted molar refractivity (Wildman–Crippen MR) is 86.4 cm³/mol. The summed E-state index contributed by atoms with van der Waals surface area (Å²) in [6.07, 6.45) is 7.78. The first-order valence-electron chi connectivity index (χ1n) is 6.66. The SMILES string of the molecule is C=C/C(Cl)=C(Cl)\C=C/C.CC.CCC1CCNC1. The Balaban J connectivity index is 0. The molecule has 1 heterocycles. The van der Waals surface area contributed by atoms with Crippen LogP contribution in [0.15, 0.2) is 34.9 Å². The van der Waals surface area contributed by atoms with Crippen LogP contribution in [0.5, 0.6) is 0 Å². The molecule has 0 radical (unpaired) electrons. The quantitative estimate of drug-likeness (QED) is 0.680. The summed E-state index contributed by atoms with van der Waals surface area (Å²) in [6.45, 7) is 14.1. The molecule has 106 valence electrons. The molecule has 1 rings (SSSR count). The zero-order valence-electron chi connectivity index (χ0n) is 12.1. The van der Waals surface area contributed by atoms with E-state index in [1.165, 1.54) is 32.0 Å². The summed E-state index contributed by atoms with van der Waals surface area (Å²) in [4.78, 5) is 0. The lowest BCUT2D eigenvalue weighted by molar-refractivity contribution is 0.563. The highest BCUT2D eigenvalue weighted by Gasteiger charge is 2.10. The number of hydrogen-bond acceptors (Lipinski definition) is 1. The molecule has 1 atom stereocenters. The monoisotopic (exact) mass is 291 g/mol. The molecule has 1 N–H and O–H groups in total. The van der Waals surface area contributed by atoms with Gasteiger partial charge in [0.05, 0.1) is 10.1 Å². The molecule has 1 nitrogen and oxygen atoms in total. The first kappa shape index (κ1) is 20.1. The minimum Gasteiger partial charge on any atom is -0.316 e. The molecule has 0 amide bonds. The highest BCUT2D eigenvalue weighted by atomic mass is 35.5. The van der Waals surface area contributed by atoms with Crippen LogP contribution in [0.3, 0.4) is 0 Å². The van der Waals surface area contributed by atoms with Crippen molar-refractivity contribution in [2.75, 3.05) is 13.1 Å². The largest absolute Gasteiger partial charge is 0.316 e. The summed E-state index contributed by atoms with van der Waals surface area (Å²) < 4.78 is 0. The Hall–Kier alpha value is -0.240. The van der Waals surface area contributed by atoms with Gasteiger partial charge < -0.3 is 5.32 Å². The van der Waals surface area contributed by atoms with Crippen LogP contribution < -0.4 is 5.32 Å². The summed E-state index contributed by atoms with van der Waals surface area (Å²) in [5, 5.41) is 4.33. The van der Waals surface area contributed by atoms with Crippen molar-refractivity contribution in [1.82, 2.24) is 5.32 Å². The van der Waals surface area contributed by atoms with Crippen LogP contribution in [0.4, 0.5) is 0 Å². The maximum absolute atomic E-state index is 5.62. The molecule has 18 heavy (non-hydrogen) atoms. The molecule has 1 aliphatic rings. The Kier molecular flexibility index (Phi) is 16.5. The number of allylic oxidation sites excluding steroid dienone is 5. The first-order chi connectivity index (χ1) is 8.65. The summed E-state index contributed by atoms with van der Waals surface area (Å²) in [7, 11) is 0. The third-order valence-electron chi connectivity index (χ3n) is 2.46. The van der Waals surface area contributed by atoms with Gasteiger partial charge in [-0.3, -0.25) is 0 Å². The average molecular weight is 292 g/mol. The van der Waals surface area contributed by atoms with Gasteiger partial charge in [0.2, 0.25) is 0 Å². The summed E-state index contributed by atoms with van der Waals surface area (Å²) in [5.74, 6) is 0.986. The van der Waals surface area contributed by atoms with Gasteiger partial charge in [0.25, 0.3) is 0 Å². The van der Waals surface area contributed by atoms with Crippen molar-refractivity contribution < 1.29 is 0 Å². The topological polar surface area (TPSA) is 12.0 Å². The van der Waals surface area contributed by atoms with Crippen molar-refractivity contribution in [3.05, 3.63) is 34.9 Å². The molecular formula is C15H27Cl2N. The highest BCUT2D eigenvalue weighted by molar-refractivity contribution is 6.41. The molecule has 1 fully saturated rings. The highest BCUT2D eigenvalue weighted by Crippen LogP contribution is 2.15. The Morgan fingerprint density at radius 2 is 1.94 bits per heavy atom. The van der Waals surface area contributed by atoms with Crippen molar-refractivity contribution in [2.45, 2.75) is 40.5 Å². The van der Waals surface area contributed by atoms with Crippen LogP contribution in [-0.4, -0.2) is 13.1 Å². The number of rotatable bonds is 3. The third kappa shape index (κ3) is 10.9. The third-order valence-corrected chi connectivity index (χ3v) is 3.24. The van der Waals surface area contributed by atoms with E-state index in [0.717, 1.165) is 5.92 Å². The summed E-state index contributed by atoms with van der Waals surface area (Å²) >= 11 is 11.2. The van der Waals surface area contributed by atoms with Crippen LogP contribution >= 0.6 is 23.2 Å². The van der Waals surface area contributed by atoms with Gasteiger partial charge in [0, 0.05) is 0 Å². The van der Waals surface area contributed by atoms with E-state index in [4.69, 9.17) is 23.2 Å². The Bertz CT molecular complexity index is 251. The molecule has 0 saturated carbocycles. The first-order valence-corrected chi connectivity index (χ1v) is 7.42. The minimum absolute atomic E-state index is 0.481. The molecule has 0 spiro atoms. The molecule has 1 aliphatic heterocycles. The van der Waals surface area contributed by atoms with Crippen molar-refractivity contribution in [3.63, 3.8) is 0 Å². The van der Waals surface area contributed by atoms with Crippen molar-refractivity contribution in [3.8, 4) is 0 Å². The molecule has 0 aromatic carbocycles. The lowest BCUT2D eigenvalue weighted by Gasteiger charge is -1.98. The van der Waals surface area contributed by atoms with E-state index in [-0.39, 0.29) is 0 Å². The Labute approximate surface area is 123 Å². The molecule has 0 bridgehead atoms. The lowest BCUT2D eigenvalue weighted by Crippen LogP contribution is -2.07. The van der Waals surface area contributed by atoms with Crippen LogP contribution in [-0.2, 0) is 0 Å². The number of halogens is 2. The van der Waals surface area contributed by atoms with Gasteiger partial charge in [-0.25, -0.2) is 0 Å². The maximum atomic E-state index is 5.62. The van der Waals surface area contributed by atoms with Crippen molar-refractivity contribution in [2.24, 2.45) is 5.92 Å². The van der Waals surface area contributed by atoms with Gasteiger partial charge in [0.15, 0.2) is 0 Å². The molecule has 1 unspecified atom stereocenters. The number of nitrogens with one attached hydrogen (secondary N) is 1. The predicted octanol–water partition coefficient (Wildman–Crippen LogP) is 5.47. The minimum atomic E-state index is 0.481. The van der Waals surface area contributed by atoms with E-state index in [0.29, 0.717) is 10.1 Å². The fourth-order valence-corrected chi connectivity index (χ4v) is 1.65. The van der Waals surface area contributed by atoms with E-state index < -0.39 is 0 Å². The number of hydrogen-bond donors (Lipinski definition) is 1. The Morgan fingerprint density at radius 3 is 2.22 bits per heavy atom. The smallest absolute Gasteiger partial charge is 0.0588 e. The molecule has 1 saturated heterocycles. The second kappa shape index (κ2) is 14.8. The van der Waals surface area contributed by atoms with Crippen LogP contribution in [0.25, 0.3) is 0 Å². The second-order valence-corrected chi connectivity index (χ2v) is 4.48. The Morgan fingerprint density at radius 1 is 1.33 bits per heavy atom. The van der Waals surface area contributed by atoms with E-state index in [1.54, 1.807) is 6.08 Å². The molecule has 0 aromatic rings. The molecule has 0 aliphatic carbocycles. The molecule has 3 heteroatoms. The van der Waals surface area contributed by atoms with Gasteiger partial charge >= 0.3 is 0 Å². The van der Waals surface area contributed by atoms with Crippen LogP contribution in [0.2, 0.25) is 0 Å². The van der Waals surface area contributed by atoms with Gasteiger partial charge in [-0.05, 0) is 44.5 Å². The second-order valence-electron chi connectivity index (χ2n) is 3.67. The zero-order chi connectivity index (χ0) is 14.4. The normalized spacial score (nSPS) is 19.3. The summed E-state index contributed by atoms with van der Waals surface area (Å²) in [5.41, 5.74) is 0. The van der Waals surface area contributed by atoms with Crippen LogP contribution in [0.1, 0.15) is 40.5 Å². The lowest BCUT2D eigenvalue weighted by atomic mass is 10.1. The van der Waals surface area contributed by atoms with Gasteiger partial charge in [-0.15, -0.1) is 0 Å². The molecule has 0 aromatic heterocycles. The fraction of sp³-hybridized carbons (Fsp3) is 0.600. The van der Waals surface area contributed by atoms with Gasteiger partial charge in [-0.1, -0.05) is 63.0 Å². The maximum Gasteiger partial charge on any atom is 0.0588 e. The zero-order valence-corrected chi connectivity index (χ0v) is 13.6. The summed E-state index contributed by atoms with van der Waals surface area (Å²) in [6, 6.07) is 0. The van der Waals surface area contributed by atoms with E-state index in [1.807, 2.05) is 26.8 Å². The molecular weight excluding hydrogens is 265 g/mol. The van der Waals surface area contributed by atoms with E-state index in [2.05, 4.69) is 18.8 Å². The van der Waals surface area contributed by atoms with Crippen molar-refractivity contribution >= 4 is 23.2 Å². The van der Waals surface area contributed by atoms with Crippen molar-refractivity contribution in [1.29, 1.82) is 0 Å². The average Bonchev–Trinajstić information content (AvgIpc) is 2.94. The van der Waals surface area contributed by atoms with Crippen LogP contribution in [0, 0.1) is 5.92 Å².